The van der Waals surface area contributed by atoms with Gasteiger partial charge in [-0.15, -0.1) is 11.8 Å². The van der Waals surface area contributed by atoms with Gasteiger partial charge in [-0.25, -0.2) is 0 Å². The van der Waals surface area contributed by atoms with E-state index in [-0.39, 0.29) is 0 Å². The first-order valence-corrected chi connectivity index (χ1v) is 6.41. The smallest absolute Gasteiger partial charge is 0.185 e. The van der Waals surface area contributed by atoms with E-state index in [0.29, 0.717) is 5.76 Å². The van der Waals surface area contributed by atoms with Gasteiger partial charge in [0.1, 0.15) is 5.76 Å². The summed E-state index contributed by atoms with van der Waals surface area (Å²) >= 11 is 1.71. The number of hydrogen-bond donors (Lipinski definition) is 0. The van der Waals surface area contributed by atoms with Crippen LogP contribution in [0.3, 0.4) is 0 Å². The molecule has 1 heterocycles. The van der Waals surface area contributed by atoms with E-state index < -0.39 is 0 Å². The topological polar surface area (TPSA) is 30.2 Å². The van der Waals surface area contributed by atoms with Crippen molar-refractivity contribution >= 4 is 18.0 Å². The zero-order valence-corrected chi connectivity index (χ0v) is 10.7. The molecule has 0 N–H and O–H groups in total. The highest BCUT2D eigenvalue weighted by molar-refractivity contribution is 7.98. The Labute approximate surface area is 105 Å². The first kappa shape index (κ1) is 12.0. The lowest BCUT2D eigenvalue weighted by Gasteiger charge is -2.03. The van der Waals surface area contributed by atoms with Gasteiger partial charge in [0.2, 0.25) is 0 Å². The van der Waals surface area contributed by atoms with Crippen molar-refractivity contribution in [1.82, 2.24) is 0 Å². The monoisotopic (exact) mass is 246 g/mol. The Hall–Kier alpha value is -1.48. The molecule has 0 aliphatic carbocycles. The van der Waals surface area contributed by atoms with E-state index in [1.165, 1.54) is 16.0 Å². The summed E-state index contributed by atoms with van der Waals surface area (Å²) < 4.78 is 5.32. The second kappa shape index (κ2) is 5.23. The van der Waals surface area contributed by atoms with Crippen molar-refractivity contribution in [1.29, 1.82) is 0 Å². The Morgan fingerprint density at radius 3 is 2.65 bits per heavy atom. The maximum absolute atomic E-state index is 10.5. The summed E-state index contributed by atoms with van der Waals surface area (Å²) in [5.41, 5.74) is 2.60. The first-order valence-electron chi connectivity index (χ1n) is 5.43. The van der Waals surface area contributed by atoms with Crippen LogP contribution in [0.1, 0.15) is 27.4 Å². The van der Waals surface area contributed by atoms with Crippen molar-refractivity contribution in [3.8, 4) is 0 Å². The molecule has 3 heteroatoms. The van der Waals surface area contributed by atoms with Crippen LogP contribution < -0.4 is 0 Å². The minimum Gasteiger partial charge on any atom is -0.457 e. The zero-order valence-electron chi connectivity index (χ0n) is 9.90. The number of hydrogen-bond acceptors (Lipinski definition) is 3. The van der Waals surface area contributed by atoms with Gasteiger partial charge in [-0.05, 0) is 49.2 Å². The molecule has 0 atom stereocenters. The quantitative estimate of drug-likeness (QED) is 0.603. The lowest BCUT2D eigenvalue weighted by Crippen LogP contribution is -1.82. The number of benzene rings is 1. The van der Waals surface area contributed by atoms with E-state index in [1.54, 1.807) is 17.8 Å². The normalized spacial score (nSPS) is 10.5. The molecule has 2 aromatic rings. The van der Waals surface area contributed by atoms with Gasteiger partial charge in [0, 0.05) is 4.90 Å². The van der Waals surface area contributed by atoms with Gasteiger partial charge < -0.3 is 4.42 Å². The van der Waals surface area contributed by atoms with E-state index in [9.17, 15) is 4.79 Å². The molecule has 88 valence electrons. The van der Waals surface area contributed by atoms with E-state index in [4.69, 9.17) is 4.42 Å². The first-order chi connectivity index (χ1) is 8.19. The highest BCUT2D eigenvalue weighted by Crippen LogP contribution is 2.25. The molecule has 0 spiro atoms. The third kappa shape index (κ3) is 3.01. The van der Waals surface area contributed by atoms with E-state index in [0.717, 1.165) is 17.8 Å². The number of aryl methyl sites for hydroxylation is 2. The predicted octanol–water partition coefficient (Wildman–Crippen LogP) is 4.00. The molecule has 0 bridgehead atoms. The van der Waals surface area contributed by atoms with E-state index in [1.807, 2.05) is 6.07 Å². The maximum atomic E-state index is 10.5. The number of carbonyl (C=O) groups is 1. The van der Waals surface area contributed by atoms with Crippen molar-refractivity contribution in [3.05, 3.63) is 53.0 Å². The molecule has 0 saturated heterocycles. The maximum Gasteiger partial charge on any atom is 0.185 e. The summed E-state index contributed by atoms with van der Waals surface area (Å²) in [5.74, 6) is 1.96. The van der Waals surface area contributed by atoms with Crippen molar-refractivity contribution < 1.29 is 9.21 Å². The number of rotatable bonds is 4. The van der Waals surface area contributed by atoms with Crippen LogP contribution in [0.25, 0.3) is 0 Å². The van der Waals surface area contributed by atoms with Gasteiger partial charge in [0.15, 0.2) is 12.0 Å². The van der Waals surface area contributed by atoms with Crippen LogP contribution in [-0.4, -0.2) is 6.29 Å². The van der Waals surface area contributed by atoms with Crippen LogP contribution in [0, 0.1) is 13.8 Å². The Balaban J connectivity index is 2.01. The molecule has 2 nitrogen and oxygen atoms in total. The Morgan fingerprint density at radius 2 is 2.00 bits per heavy atom. The summed E-state index contributed by atoms with van der Waals surface area (Å²) in [4.78, 5) is 11.7. The van der Waals surface area contributed by atoms with Gasteiger partial charge in [-0.3, -0.25) is 4.79 Å². The summed E-state index contributed by atoms with van der Waals surface area (Å²) in [6.45, 7) is 4.21. The summed E-state index contributed by atoms with van der Waals surface area (Å²) in [5, 5.41) is 0. The van der Waals surface area contributed by atoms with Gasteiger partial charge in [-0.1, -0.05) is 6.07 Å². The molecule has 0 saturated carbocycles. The lowest BCUT2D eigenvalue weighted by molar-refractivity contribution is 0.109. The van der Waals surface area contributed by atoms with Gasteiger partial charge in [-0.2, -0.15) is 0 Å². The zero-order chi connectivity index (χ0) is 12.3. The van der Waals surface area contributed by atoms with Crippen LogP contribution in [0.5, 0.6) is 0 Å². The average molecular weight is 246 g/mol. The van der Waals surface area contributed by atoms with Gasteiger partial charge >= 0.3 is 0 Å². The van der Waals surface area contributed by atoms with Crippen molar-refractivity contribution in [2.75, 3.05) is 0 Å². The summed E-state index contributed by atoms with van der Waals surface area (Å²) in [6, 6.07) is 9.94. The van der Waals surface area contributed by atoms with Crippen LogP contribution in [0.2, 0.25) is 0 Å². The molecular weight excluding hydrogens is 232 g/mol. The lowest BCUT2D eigenvalue weighted by atomic mass is 10.1. The molecule has 17 heavy (non-hydrogen) atoms. The molecule has 1 aromatic carbocycles. The molecule has 0 radical (unpaired) electrons. The van der Waals surface area contributed by atoms with Gasteiger partial charge in [0.05, 0.1) is 5.75 Å². The SMILES string of the molecule is Cc1ccc(SCc2ccc(C=O)o2)cc1C. The minimum absolute atomic E-state index is 0.390. The third-order valence-electron chi connectivity index (χ3n) is 2.66. The second-order valence-electron chi connectivity index (χ2n) is 3.96. The van der Waals surface area contributed by atoms with Gasteiger partial charge in [0.25, 0.3) is 0 Å². The highest BCUT2D eigenvalue weighted by atomic mass is 32.2. The Bertz CT molecular complexity index is 529. The predicted molar refractivity (Wildman–Crippen MR) is 69.6 cm³/mol. The van der Waals surface area contributed by atoms with Crippen LogP contribution >= 0.6 is 11.8 Å². The van der Waals surface area contributed by atoms with Crippen molar-refractivity contribution in [3.63, 3.8) is 0 Å². The molecule has 0 unspecified atom stereocenters. The van der Waals surface area contributed by atoms with Crippen LogP contribution in [0.4, 0.5) is 0 Å². The number of aldehydes is 1. The molecule has 0 amide bonds. The minimum atomic E-state index is 0.390. The molecular formula is C14H14O2S. The largest absolute Gasteiger partial charge is 0.457 e. The van der Waals surface area contributed by atoms with E-state index >= 15 is 0 Å². The fraction of sp³-hybridized carbons (Fsp3) is 0.214. The average Bonchev–Trinajstić information content (AvgIpc) is 2.79. The second-order valence-corrected chi connectivity index (χ2v) is 5.01. The summed E-state index contributed by atoms with van der Waals surface area (Å²) in [6.07, 6.45) is 0.726. The van der Waals surface area contributed by atoms with Crippen molar-refractivity contribution in [2.45, 2.75) is 24.5 Å². The van der Waals surface area contributed by atoms with Crippen LogP contribution in [-0.2, 0) is 5.75 Å². The Kier molecular flexibility index (Phi) is 3.69. The summed E-state index contributed by atoms with van der Waals surface area (Å²) in [7, 11) is 0. The molecule has 1 aromatic heterocycles. The fourth-order valence-electron chi connectivity index (χ4n) is 1.49. The Morgan fingerprint density at radius 1 is 1.18 bits per heavy atom. The van der Waals surface area contributed by atoms with Crippen molar-refractivity contribution in [2.24, 2.45) is 0 Å². The number of thioether (sulfide) groups is 1. The highest BCUT2D eigenvalue weighted by Gasteiger charge is 2.03. The third-order valence-corrected chi connectivity index (χ3v) is 3.67. The molecule has 0 aliphatic rings. The fourth-order valence-corrected chi connectivity index (χ4v) is 2.38. The van der Waals surface area contributed by atoms with Crippen LogP contribution in [0.15, 0.2) is 39.6 Å². The molecule has 0 fully saturated rings. The molecule has 0 aliphatic heterocycles. The number of furan rings is 1. The number of carbonyl (C=O) groups excluding carboxylic acids is 1. The standard InChI is InChI=1S/C14H14O2S/c1-10-3-6-14(7-11(10)2)17-9-13-5-4-12(8-15)16-13/h3-8H,9H2,1-2H3. The van der Waals surface area contributed by atoms with E-state index in [2.05, 4.69) is 32.0 Å². The molecule has 2 rings (SSSR count).